The highest BCUT2D eigenvalue weighted by Crippen LogP contribution is 2.27. The van der Waals surface area contributed by atoms with E-state index in [4.69, 9.17) is 4.42 Å². The van der Waals surface area contributed by atoms with Gasteiger partial charge in [-0.15, -0.1) is 6.58 Å². The van der Waals surface area contributed by atoms with Gasteiger partial charge in [0.05, 0.1) is 6.26 Å². The largest absolute Gasteiger partial charge is 0.457 e. The maximum absolute atomic E-state index is 5.18. The number of hydrogen-bond donors (Lipinski definition) is 1. The van der Waals surface area contributed by atoms with Crippen LogP contribution in [-0.2, 0) is 0 Å². The Morgan fingerprint density at radius 3 is 2.85 bits per heavy atom. The predicted molar refractivity (Wildman–Crippen MR) is 57.6 cm³/mol. The summed E-state index contributed by atoms with van der Waals surface area (Å²) in [4.78, 5) is 0. The zero-order valence-electron chi connectivity index (χ0n) is 7.93. The Labute approximate surface area is 87.1 Å². The number of nitrogens with one attached hydrogen (secondary N) is 1. The molecule has 1 aromatic heterocycles. The van der Waals surface area contributed by atoms with Crippen LogP contribution in [0, 0.1) is 0 Å². The van der Waals surface area contributed by atoms with E-state index in [-0.39, 0.29) is 6.04 Å². The van der Waals surface area contributed by atoms with E-state index in [1.807, 2.05) is 20.0 Å². The van der Waals surface area contributed by atoms with Crippen LogP contribution in [0.2, 0.25) is 0 Å². The molecule has 1 unspecified atom stereocenters. The summed E-state index contributed by atoms with van der Waals surface area (Å²) in [5.41, 5.74) is 2.30. The molecule has 0 aliphatic rings. The van der Waals surface area contributed by atoms with Crippen molar-refractivity contribution in [1.82, 2.24) is 5.32 Å². The van der Waals surface area contributed by atoms with Crippen molar-refractivity contribution < 1.29 is 4.42 Å². The molecule has 2 nitrogen and oxygen atoms in total. The second kappa shape index (κ2) is 4.63. The summed E-state index contributed by atoms with van der Waals surface area (Å²) in [6.45, 7) is 5.92. The first-order valence-corrected chi connectivity index (χ1v) is 4.99. The van der Waals surface area contributed by atoms with Gasteiger partial charge in [-0.05, 0) is 42.4 Å². The number of furan rings is 1. The molecule has 13 heavy (non-hydrogen) atoms. The van der Waals surface area contributed by atoms with E-state index < -0.39 is 0 Å². The summed E-state index contributed by atoms with van der Waals surface area (Å²) < 4.78 is 5.98. The minimum absolute atomic E-state index is 0.283. The quantitative estimate of drug-likeness (QED) is 0.822. The molecule has 0 spiro atoms. The molecule has 0 radical (unpaired) electrons. The Morgan fingerprint density at radius 2 is 2.46 bits per heavy atom. The first-order chi connectivity index (χ1) is 6.15. The number of rotatable bonds is 4. The third-order valence-electron chi connectivity index (χ3n) is 1.92. The molecule has 1 heterocycles. The lowest BCUT2D eigenvalue weighted by atomic mass is 10.0. The zero-order chi connectivity index (χ0) is 9.84. The summed E-state index contributed by atoms with van der Waals surface area (Å²) in [6.07, 6.45) is 2.61. The van der Waals surface area contributed by atoms with Crippen LogP contribution >= 0.6 is 15.9 Å². The molecule has 1 rings (SSSR count). The third kappa shape index (κ3) is 2.71. The standard InChI is InChI=1S/C10H14BrNO/c1-7(2)6-9(12-3)8-4-5-13-10(8)11/h4-5,9,12H,1,6H2,2-3H3. The molecular weight excluding hydrogens is 230 g/mol. The van der Waals surface area contributed by atoms with Crippen molar-refractivity contribution in [2.45, 2.75) is 19.4 Å². The highest BCUT2D eigenvalue weighted by molar-refractivity contribution is 9.10. The maximum atomic E-state index is 5.18. The van der Waals surface area contributed by atoms with Crippen molar-refractivity contribution in [3.63, 3.8) is 0 Å². The summed E-state index contributed by atoms with van der Waals surface area (Å²) in [6, 6.07) is 2.25. The van der Waals surface area contributed by atoms with Crippen molar-refractivity contribution in [1.29, 1.82) is 0 Å². The fourth-order valence-electron chi connectivity index (χ4n) is 1.27. The van der Waals surface area contributed by atoms with Crippen LogP contribution in [0.15, 0.2) is 33.6 Å². The average Bonchev–Trinajstić information content (AvgIpc) is 2.47. The second-order valence-corrected chi connectivity index (χ2v) is 3.87. The summed E-state index contributed by atoms with van der Waals surface area (Å²) in [5, 5.41) is 3.23. The second-order valence-electron chi connectivity index (χ2n) is 3.15. The fourth-order valence-corrected chi connectivity index (χ4v) is 1.79. The van der Waals surface area contributed by atoms with Crippen LogP contribution in [0.25, 0.3) is 0 Å². The van der Waals surface area contributed by atoms with E-state index in [1.165, 1.54) is 0 Å². The minimum Gasteiger partial charge on any atom is -0.457 e. The molecule has 0 aliphatic heterocycles. The van der Waals surface area contributed by atoms with Crippen molar-refractivity contribution in [2.75, 3.05) is 7.05 Å². The first-order valence-electron chi connectivity index (χ1n) is 4.19. The molecule has 0 aromatic carbocycles. The first kappa shape index (κ1) is 10.5. The van der Waals surface area contributed by atoms with Gasteiger partial charge in [0.25, 0.3) is 0 Å². The van der Waals surface area contributed by atoms with Gasteiger partial charge in [0.15, 0.2) is 4.67 Å². The Hall–Kier alpha value is -0.540. The van der Waals surface area contributed by atoms with Crippen LogP contribution in [-0.4, -0.2) is 7.05 Å². The van der Waals surface area contributed by atoms with Crippen LogP contribution in [0.4, 0.5) is 0 Å². The zero-order valence-corrected chi connectivity index (χ0v) is 9.52. The summed E-state index contributed by atoms with van der Waals surface area (Å²) >= 11 is 3.36. The molecule has 1 N–H and O–H groups in total. The molecule has 0 bridgehead atoms. The Bertz CT molecular complexity index is 293. The van der Waals surface area contributed by atoms with Gasteiger partial charge in [-0.3, -0.25) is 0 Å². The van der Waals surface area contributed by atoms with Crippen LogP contribution < -0.4 is 5.32 Å². The molecule has 0 saturated heterocycles. The highest BCUT2D eigenvalue weighted by Gasteiger charge is 2.14. The topological polar surface area (TPSA) is 25.2 Å². The fraction of sp³-hybridized carbons (Fsp3) is 0.400. The van der Waals surface area contributed by atoms with Gasteiger partial charge in [-0.25, -0.2) is 0 Å². The highest BCUT2D eigenvalue weighted by atomic mass is 79.9. The molecule has 72 valence electrons. The van der Waals surface area contributed by atoms with E-state index in [0.717, 1.165) is 22.2 Å². The molecule has 0 fully saturated rings. The molecule has 1 aromatic rings. The van der Waals surface area contributed by atoms with Crippen LogP contribution in [0.3, 0.4) is 0 Å². The van der Waals surface area contributed by atoms with Crippen molar-refractivity contribution in [3.05, 3.63) is 34.7 Å². The lowest BCUT2D eigenvalue weighted by Crippen LogP contribution is -2.16. The van der Waals surface area contributed by atoms with Crippen molar-refractivity contribution >= 4 is 15.9 Å². The molecule has 0 saturated carbocycles. The number of hydrogen-bond acceptors (Lipinski definition) is 2. The molecule has 0 amide bonds. The third-order valence-corrected chi connectivity index (χ3v) is 2.57. The SMILES string of the molecule is C=C(C)CC(NC)c1ccoc1Br. The van der Waals surface area contributed by atoms with Gasteiger partial charge in [0.2, 0.25) is 0 Å². The van der Waals surface area contributed by atoms with Crippen LogP contribution in [0.1, 0.15) is 24.9 Å². The monoisotopic (exact) mass is 243 g/mol. The molecule has 0 aliphatic carbocycles. The van der Waals surface area contributed by atoms with Gasteiger partial charge in [-0.1, -0.05) is 5.57 Å². The molecular formula is C10H14BrNO. The van der Waals surface area contributed by atoms with Gasteiger partial charge in [0, 0.05) is 11.6 Å². The minimum atomic E-state index is 0.283. The normalized spacial score (nSPS) is 12.8. The Kier molecular flexibility index (Phi) is 3.75. The molecule has 1 atom stereocenters. The van der Waals surface area contributed by atoms with E-state index in [9.17, 15) is 0 Å². The lowest BCUT2D eigenvalue weighted by Gasteiger charge is -2.14. The number of halogens is 1. The Balaban J connectivity index is 2.78. The maximum Gasteiger partial charge on any atom is 0.173 e. The van der Waals surface area contributed by atoms with Gasteiger partial charge in [0.1, 0.15) is 0 Å². The van der Waals surface area contributed by atoms with E-state index in [0.29, 0.717) is 0 Å². The van der Waals surface area contributed by atoms with Gasteiger partial charge < -0.3 is 9.73 Å². The lowest BCUT2D eigenvalue weighted by molar-refractivity contribution is 0.518. The van der Waals surface area contributed by atoms with E-state index >= 15 is 0 Å². The van der Waals surface area contributed by atoms with Crippen molar-refractivity contribution in [2.24, 2.45) is 0 Å². The summed E-state index contributed by atoms with van der Waals surface area (Å²) in [7, 11) is 1.94. The Morgan fingerprint density at radius 1 is 1.77 bits per heavy atom. The van der Waals surface area contributed by atoms with E-state index in [2.05, 4.69) is 27.8 Å². The predicted octanol–water partition coefficient (Wildman–Crippen LogP) is 3.27. The average molecular weight is 244 g/mol. The van der Waals surface area contributed by atoms with Crippen molar-refractivity contribution in [3.8, 4) is 0 Å². The summed E-state index contributed by atoms with van der Waals surface area (Å²) in [5.74, 6) is 0. The van der Waals surface area contributed by atoms with Crippen LogP contribution in [0.5, 0.6) is 0 Å². The van der Waals surface area contributed by atoms with Gasteiger partial charge >= 0.3 is 0 Å². The van der Waals surface area contributed by atoms with E-state index in [1.54, 1.807) is 6.26 Å². The molecule has 3 heteroatoms. The smallest absolute Gasteiger partial charge is 0.173 e. The van der Waals surface area contributed by atoms with Gasteiger partial charge in [-0.2, -0.15) is 0 Å².